The molecule has 1 saturated heterocycles. The molecule has 0 radical (unpaired) electrons. The van der Waals surface area contributed by atoms with E-state index >= 15 is 0 Å². The zero-order chi connectivity index (χ0) is 17.1. The standard InChI is InChI=1S/C18H26N4OS/c1-13(11-22-15(3)9-14(2)20-22)10-19-18(23)21-7-4-5-17(21)16-6-8-24-12-16/h6,8-9,12-13,17H,4-5,7,10-11H2,1-3H3,(H,19,23). The highest BCUT2D eigenvalue weighted by atomic mass is 32.1. The van der Waals surface area contributed by atoms with E-state index in [1.807, 2.05) is 16.5 Å². The number of rotatable bonds is 5. The second kappa shape index (κ2) is 7.38. The Balaban J connectivity index is 1.52. The first-order valence-corrected chi connectivity index (χ1v) is 9.56. The van der Waals surface area contributed by atoms with Gasteiger partial charge < -0.3 is 10.2 Å². The molecule has 1 N–H and O–H groups in total. The molecule has 1 aliphatic heterocycles. The third-order valence-corrected chi connectivity index (χ3v) is 5.33. The van der Waals surface area contributed by atoms with E-state index in [-0.39, 0.29) is 12.1 Å². The third-order valence-electron chi connectivity index (χ3n) is 4.63. The molecule has 2 amide bonds. The first-order valence-electron chi connectivity index (χ1n) is 8.62. The SMILES string of the molecule is Cc1cc(C)n(CC(C)CNC(=O)N2CCCC2c2ccsc2)n1. The molecule has 0 spiro atoms. The van der Waals surface area contributed by atoms with Crippen LogP contribution < -0.4 is 5.32 Å². The van der Waals surface area contributed by atoms with E-state index in [1.165, 1.54) is 11.3 Å². The zero-order valence-electron chi connectivity index (χ0n) is 14.7. The highest BCUT2D eigenvalue weighted by molar-refractivity contribution is 7.07. The quantitative estimate of drug-likeness (QED) is 0.896. The van der Waals surface area contributed by atoms with Gasteiger partial charge >= 0.3 is 6.03 Å². The maximum absolute atomic E-state index is 12.6. The fourth-order valence-corrected chi connectivity index (χ4v) is 4.11. The summed E-state index contributed by atoms with van der Waals surface area (Å²) in [6, 6.07) is 4.51. The van der Waals surface area contributed by atoms with Gasteiger partial charge in [-0.15, -0.1) is 0 Å². The number of nitrogens with zero attached hydrogens (tertiary/aromatic N) is 3. The number of hydrogen-bond acceptors (Lipinski definition) is 3. The molecular weight excluding hydrogens is 320 g/mol. The highest BCUT2D eigenvalue weighted by Crippen LogP contribution is 2.32. The van der Waals surface area contributed by atoms with Crippen LogP contribution in [0.25, 0.3) is 0 Å². The van der Waals surface area contributed by atoms with Crippen LogP contribution in [0.15, 0.2) is 22.9 Å². The minimum absolute atomic E-state index is 0.0592. The van der Waals surface area contributed by atoms with Crippen LogP contribution >= 0.6 is 11.3 Å². The number of aryl methyl sites for hydroxylation is 2. The second-order valence-electron chi connectivity index (χ2n) is 6.81. The Morgan fingerprint density at radius 1 is 1.50 bits per heavy atom. The summed E-state index contributed by atoms with van der Waals surface area (Å²) in [4.78, 5) is 14.6. The van der Waals surface area contributed by atoms with Gasteiger partial charge in [-0.25, -0.2) is 4.79 Å². The van der Waals surface area contributed by atoms with E-state index in [0.29, 0.717) is 12.5 Å². The summed E-state index contributed by atoms with van der Waals surface area (Å²) in [5.74, 6) is 0.342. The molecule has 6 heteroatoms. The molecule has 2 unspecified atom stereocenters. The first-order chi connectivity index (χ1) is 11.5. The van der Waals surface area contributed by atoms with Crippen molar-refractivity contribution < 1.29 is 4.79 Å². The van der Waals surface area contributed by atoms with Gasteiger partial charge in [-0.05, 0) is 61.1 Å². The lowest BCUT2D eigenvalue weighted by molar-refractivity contribution is 0.191. The summed E-state index contributed by atoms with van der Waals surface area (Å²) in [5, 5.41) is 11.8. The van der Waals surface area contributed by atoms with Gasteiger partial charge in [0.15, 0.2) is 0 Å². The normalized spacial score (nSPS) is 18.8. The first kappa shape index (κ1) is 17.0. The Morgan fingerprint density at radius 2 is 2.33 bits per heavy atom. The Kier molecular flexibility index (Phi) is 5.23. The Morgan fingerprint density at radius 3 is 3.00 bits per heavy atom. The number of nitrogens with one attached hydrogen (secondary N) is 1. The minimum Gasteiger partial charge on any atom is -0.338 e. The molecule has 0 saturated carbocycles. The molecule has 2 aromatic rings. The number of carbonyl (C=O) groups excluding carboxylic acids is 1. The summed E-state index contributed by atoms with van der Waals surface area (Å²) in [5.41, 5.74) is 3.48. The van der Waals surface area contributed by atoms with Gasteiger partial charge in [0.25, 0.3) is 0 Å². The molecule has 1 aliphatic rings. The van der Waals surface area contributed by atoms with E-state index in [2.05, 4.69) is 47.2 Å². The van der Waals surface area contributed by atoms with Crippen LogP contribution in [-0.2, 0) is 6.54 Å². The summed E-state index contributed by atoms with van der Waals surface area (Å²) in [7, 11) is 0. The fraction of sp³-hybridized carbons (Fsp3) is 0.556. The van der Waals surface area contributed by atoms with Gasteiger partial charge in [0.1, 0.15) is 0 Å². The summed E-state index contributed by atoms with van der Waals surface area (Å²) in [6.07, 6.45) is 2.14. The minimum atomic E-state index is 0.0592. The van der Waals surface area contributed by atoms with Gasteiger partial charge in [-0.3, -0.25) is 4.68 Å². The van der Waals surface area contributed by atoms with Crippen molar-refractivity contribution in [3.8, 4) is 0 Å². The van der Waals surface area contributed by atoms with Crippen molar-refractivity contribution in [1.29, 1.82) is 0 Å². The van der Waals surface area contributed by atoms with Gasteiger partial charge in [0, 0.05) is 25.3 Å². The maximum atomic E-state index is 12.6. The van der Waals surface area contributed by atoms with E-state index < -0.39 is 0 Å². The van der Waals surface area contributed by atoms with Crippen LogP contribution in [0.2, 0.25) is 0 Å². The second-order valence-corrected chi connectivity index (χ2v) is 7.59. The third kappa shape index (κ3) is 3.80. The van der Waals surface area contributed by atoms with Crippen LogP contribution in [0.5, 0.6) is 0 Å². The van der Waals surface area contributed by atoms with Gasteiger partial charge in [-0.1, -0.05) is 6.92 Å². The molecule has 3 heterocycles. The van der Waals surface area contributed by atoms with Crippen molar-refractivity contribution >= 4 is 17.4 Å². The van der Waals surface area contributed by atoms with Crippen molar-refractivity contribution in [2.45, 2.75) is 46.2 Å². The average Bonchev–Trinajstić information content (AvgIpc) is 3.25. The van der Waals surface area contributed by atoms with Crippen molar-refractivity contribution in [1.82, 2.24) is 20.0 Å². The van der Waals surface area contributed by atoms with E-state index in [4.69, 9.17) is 0 Å². The number of hydrogen-bond donors (Lipinski definition) is 1. The average molecular weight is 346 g/mol. The molecule has 0 bridgehead atoms. The Bertz CT molecular complexity index is 679. The Labute approximate surface area is 147 Å². The van der Waals surface area contributed by atoms with Gasteiger partial charge in [-0.2, -0.15) is 16.4 Å². The van der Waals surface area contributed by atoms with Crippen molar-refractivity contribution in [3.05, 3.63) is 39.8 Å². The van der Waals surface area contributed by atoms with Crippen LogP contribution in [0.4, 0.5) is 4.79 Å². The van der Waals surface area contributed by atoms with Crippen molar-refractivity contribution in [3.63, 3.8) is 0 Å². The van der Waals surface area contributed by atoms with E-state index in [0.717, 1.165) is 31.6 Å². The summed E-state index contributed by atoms with van der Waals surface area (Å²) < 4.78 is 2.02. The predicted molar refractivity (Wildman–Crippen MR) is 97.3 cm³/mol. The molecule has 0 aliphatic carbocycles. The van der Waals surface area contributed by atoms with Gasteiger partial charge in [0.05, 0.1) is 11.7 Å². The number of urea groups is 1. The van der Waals surface area contributed by atoms with Crippen LogP contribution in [-0.4, -0.2) is 33.8 Å². The molecule has 2 aromatic heterocycles. The number of aromatic nitrogens is 2. The van der Waals surface area contributed by atoms with Crippen LogP contribution in [0.1, 0.15) is 42.8 Å². The van der Waals surface area contributed by atoms with Crippen molar-refractivity contribution in [2.24, 2.45) is 5.92 Å². The topological polar surface area (TPSA) is 50.2 Å². The zero-order valence-corrected chi connectivity index (χ0v) is 15.5. The van der Waals surface area contributed by atoms with E-state index in [1.54, 1.807) is 11.3 Å². The highest BCUT2D eigenvalue weighted by Gasteiger charge is 2.30. The molecule has 5 nitrogen and oxygen atoms in total. The largest absolute Gasteiger partial charge is 0.338 e. The molecule has 0 aromatic carbocycles. The van der Waals surface area contributed by atoms with Crippen LogP contribution in [0, 0.1) is 19.8 Å². The molecule has 2 atom stereocenters. The van der Waals surface area contributed by atoms with Crippen molar-refractivity contribution in [2.75, 3.05) is 13.1 Å². The van der Waals surface area contributed by atoms with E-state index in [9.17, 15) is 4.79 Å². The van der Waals surface area contributed by atoms with Gasteiger partial charge in [0.2, 0.25) is 0 Å². The molecule has 24 heavy (non-hydrogen) atoms. The summed E-state index contributed by atoms with van der Waals surface area (Å²) >= 11 is 1.69. The lowest BCUT2D eigenvalue weighted by Gasteiger charge is -2.25. The maximum Gasteiger partial charge on any atom is 0.317 e. The molecule has 3 rings (SSSR count). The molecular formula is C18H26N4OS. The number of likely N-dealkylation sites (tertiary alicyclic amines) is 1. The fourth-order valence-electron chi connectivity index (χ4n) is 3.40. The Hall–Kier alpha value is -1.82. The monoisotopic (exact) mass is 346 g/mol. The number of amides is 2. The predicted octanol–water partition coefficient (Wildman–Crippen LogP) is 3.74. The summed E-state index contributed by atoms with van der Waals surface area (Å²) in [6.45, 7) is 8.57. The van der Waals surface area contributed by atoms with Crippen LogP contribution in [0.3, 0.4) is 0 Å². The lowest BCUT2D eigenvalue weighted by Crippen LogP contribution is -2.41. The number of thiophene rings is 1. The lowest BCUT2D eigenvalue weighted by atomic mass is 10.1. The molecule has 130 valence electrons. The smallest absolute Gasteiger partial charge is 0.317 e. The molecule has 1 fully saturated rings. The number of carbonyl (C=O) groups is 1.